The number of carbonyl (C=O) groups excluding carboxylic acids is 2. The second-order valence-corrected chi connectivity index (χ2v) is 2.59. The topological polar surface area (TPSA) is 65.7 Å². The second-order valence-electron chi connectivity index (χ2n) is 2.59. The summed E-state index contributed by atoms with van der Waals surface area (Å²) >= 11 is 0. The van der Waals surface area contributed by atoms with E-state index in [4.69, 9.17) is 4.42 Å². The van der Waals surface area contributed by atoms with Crippen LogP contribution in [-0.2, 0) is 9.47 Å². The number of hydrogen-bond acceptors (Lipinski definition) is 5. The van der Waals surface area contributed by atoms with Crippen LogP contribution in [0, 0.1) is 6.92 Å². The van der Waals surface area contributed by atoms with Gasteiger partial charge in [-0.3, -0.25) is 0 Å². The zero-order chi connectivity index (χ0) is 10.7. The van der Waals surface area contributed by atoms with Gasteiger partial charge in [0.1, 0.15) is 11.8 Å². The first kappa shape index (κ1) is 10.3. The second kappa shape index (κ2) is 3.95. The molecule has 0 aliphatic heterocycles. The summed E-state index contributed by atoms with van der Waals surface area (Å²) in [5.41, 5.74) is 0.650. The summed E-state index contributed by atoms with van der Waals surface area (Å²) in [6, 6.07) is 0. The molecule has 0 spiro atoms. The number of esters is 2. The first-order valence-corrected chi connectivity index (χ1v) is 3.86. The lowest BCUT2D eigenvalue weighted by Crippen LogP contribution is -2.05. The molecule has 0 aromatic carbocycles. The van der Waals surface area contributed by atoms with Gasteiger partial charge in [-0.2, -0.15) is 0 Å². The molecule has 1 aromatic heterocycles. The van der Waals surface area contributed by atoms with Crippen LogP contribution in [0.2, 0.25) is 0 Å². The fourth-order valence-electron chi connectivity index (χ4n) is 1.02. The lowest BCUT2D eigenvalue weighted by molar-refractivity contribution is 0.0562. The van der Waals surface area contributed by atoms with E-state index in [2.05, 4.69) is 9.47 Å². The molecule has 0 saturated heterocycles. The predicted molar refractivity (Wildman–Crippen MR) is 46.1 cm³/mol. The van der Waals surface area contributed by atoms with E-state index in [0.29, 0.717) is 5.56 Å². The van der Waals surface area contributed by atoms with Crippen molar-refractivity contribution in [1.29, 1.82) is 0 Å². The van der Waals surface area contributed by atoms with Crippen molar-refractivity contribution in [3.05, 3.63) is 23.2 Å². The van der Waals surface area contributed by atoms with Crippen LogP contribution in [0.3, 0.4) is 0 Å². The Bertz CT molecular complexity index is 330. The first-order chi connectivity index (χ1) is 6.61. The Morgan fingerprint density at radius 1 is 1.21 bits per heavy atom. The summed E-state index contributed by atoms with van der Waals surface area (Å²) in [4.78, 5) is 22.2. The van der Waals surface area contributed by atoms with Crippen molar-refractivity contribution in [2.75, 3.05) is 14.2 Å². The van der Waals surface area contributed by atoms with Gasteiger partial charge >= 0.3 is 11.9 Å². The van der Waals surface area contributed by atoms with E-state index in [1.807, 2.05) is 0 Å². The standard InChI is InChI=1S/C9H10O5/c1-5-6(8(10)12-2)4-14-7(5)9(11)13-3/h4H,1-3H3. The van der Waals surface area contributed by atoms with E-state index in [1.54, 1.807) is 6.92 Å². The van der Waals surface area contributed by atoms with Crippen LogP contribution in [0.15, 0.2) is 10.7 Å². The van der Waals surface area contributed by atoms with Gasteiger partial charge in [-0.15, -0.1) is 0 Å². The molecule has 0 aliphatic carbocycles. The molecule has 1 aromatic rings. The van der Waals surface area contributed by atoms with Gasteiger partial charge in [0, 0.05) is 5.56 Å². The SMILES string of the molecule is COC(=O)c1coc(C(=O)OC)c1C. The molecule has 1 heterocycles. The number of hydrogen-bond donors (Lipinski definition) is 0. The van der Waals surface area contributed by atoms with Gasteiger partial charge in [-0.1, -0.05) is 0 Å². The molecular weight excluding hydrogens is 188 g/mol. The van der Waals surface area contributed by atoms with E-state index >= 15 is 0 Å². The van der Waals surface area contributed by atoms with Crippen molar-refractivity contribution >= 4 is 11.9 Å². The highest BCUT2D eigenvalue weighted by Crippen LogP contribution is 2.17. The minimum absolute atomic E-state index is 0.0212. The third-order valence-electron chi connectivity index (χ3n) is 1.82. The Morgan fingerprint density at radius 3 is 2.29 bits per heavy atom. The molecule has 0 saturated carbocycles. The molecule has 0 unspecified atom stereocenters. The molecule has 5 heteroatoms. The minimum Gasteiger partial charge on any atom is -0.465 e. The van der Waals surface area contributed by atoms with Gasteiger partial charge in [-0.05, 0) is 6.92 Å². The van der Waals surface area contributed by atoms with E-state index in [1.165, 1.54) is 20.5 Å². The fourth-order valence-corrected chi connectivity index (χ4v) is 1.02. The molecule has 1 rings (SSSR count). The highest BCUT2D eigenvalue weighted by molar-refractivity contribution is 5.96. The Balaban J connectivity index is 3.08. The third-order valence-corrected chi connectivity index (χ3v) is 1.82. The first-order valence-electron chi connectivity index (χ1n) is 3.86. The summed E-state index contributed by atoms with van der Waals surface area (Å²) in [5.74, 6) is -1.13. The summed E-state index contributed by atoms with van der Waals surface area (Å²) < 4.78 is 13.8. The largest absolute Gasteiger partial charge is 0.465 e. The number of rotatable bonds is 2. The summed E-state index contributed by atoms with van der Waals surface area (Å²) in [5, 5.41) is 0. The van der Waals surface area contributed by atoms with Crippen LogP contribution in [0.5, 0.6) is 0 Å². The number of ether oxygens (including phenoxy) is 2. The average Bonchev–Trinajstić information content (AvgIpc) is 2.58. The Morgan fingerprint density at radius 2 is 1.79 bits per heavy atom. The molecule has 0 aliphatic rings. The van der Waals surface area contributed by atoms with Crippen molar-refractivity contribution in [1.82, 2.24) is 0 Å². The molecule has 0 radical (unpaired) electrons. The molecule has 76 valence electrons. The van der Waals surface area contributed by atoms with Crippen LogP contribution >= 0.6 is 0 Å². The molecule has 0 fully saturated rings. The quantitative estimate of drug-likeness (QED) is 0.667. The normalized spacial score (nSPS) is 9.64. The maximum Gasteiger partial charge on any atom is 0.374 e. The van der Waals surface area contributed by atoms with Crippen LogP contribution < -0.4 is 0 Å². The lowest BCUT2D eigenvalue weighted by Gasteiger charge is -1.97. The van der Waals surface area contributed by atoms with Gasteiger partial charge in [0.2, 0.25) is 5.76 Å². The van der Waals surface area contributed by atoms with Crippen molar-refractivity contribution < 1.29 is 23.5 Å². The maximum atomic E-state index is 11.1. The minimum atomic E-state index is -0.613. The van der Waals surface area contributed by atoms with E-state index in [0.717, 1.165) is 0 Å². The van der Waals surface area contributed by atoms with Crippen LogP contribution in [0.25, 0.3) is 0 Å². The van der Waals surface area contributed by atoms with E-state index < -0.39 is 11.9 Å². The molecule has 0 amide bonds. The Labute approximate surface area is 80.6 Å². The average molecular weight is 198 g/mol. The summed E-state index contributed by atoms with van der Waals surface area (Å²) in [6.07, 6.45) is 1.17. The van der Waals surface area contributed by atoms with Gasteiger partial charge < -0.3 is 13.9 Å². The summed E-state index contributed by atoms with van der Waals surface area (Å²) in [6.45, 7) is 1.59. The molecule has 0 atom stereocenters. The lowest BCUT2D eigenvalue weighted by atomic mass is 10.2. The molecule has 0 bridgehead atoms. The van der Waals surface area contributed by atoms with Crippen molar-refractivity contribution in [2.45, 2.75) is 6.92 Å². The van der Waals surface area contributed by atoms with Crippen LogP contribution in [0.4, 0.5) is 0 Å². The van der Waals surface area contributed by atoms with Gasteiger partial charge in [0.25, 0.3) is 0 Å². The smallest absolute Gasteiger partial charge is 0.374 e. The third kappa shape index (κ3) is 1.61. The molecule has 5 nitrogen and oxygen atoms in total. The highest BCUT2D eigenvalue weighted by Gasteiger charge is 2.21. The molecular formula is C9H10O5. The van der Waals surface area contributed by atoms with Crippen LogP contribution in [0.1, 0.15) is 26.5 Å². The predicted octanol–water partition coefficient (Wildman–Crippen LogP) is 1.16. The van der Waals surface area contributed by atoms with Crippen LogP contribution in [-0.4, -0.2) is 26.2 Å². The van der Waals surface area contributed by atoms with E-state index in [-0.39, 0.29) is 11.3 Å². The Hall–Kier alpha value is -1.78. The number of methoxy groups -OCH3 is 2. The van der Waals surface area contributed by atoms with Crippen molar-refractivity contribution in [2.24, 2.45) is 0 Å². The van der Waals surface area contributed by atoms with Crippen molar-refractivity contribution in [3.8, 4) is 0 Å². The van der Waals surface area contributed by atoms with E-state index in [9.17, 15) is 9.59 Å². The Kier molecular flexibility index (Phi) is 2.91. The summed E-state index contributed by atoms with van der Waals surface area (Å²) in [7, 11) is 2.49. The van der Waals surface area contributed by atoms with Gasteiger partial charge in [0.15, 0.2) is 0 Å². The number of carbonyl (C=O) groups is 2. The van der Waals surface area contributed by atoms with Gasteiger partial charge in [-0.25, -0.2) is 9.59 Å². The highest BCUT2D eigenvalue weighted by atomic mass is 16.5. The van der Waals surface area contributed by atoms with Gasteiger partial charge in [0.05, 0.1) is 14.2 Å². The zero-order valence-corrected chi connectivity index (χ0v) is 8.12. The number of furan rings is 1. The maximum absolute atomic E-state index is 11.1. The fraction of sp³-hybridized carbons (Fsp3) is 0.333. The zero-order valence-electron chi connectivity index (χ0n) is 8.12. The molecule has 0 N–H and O–H groups in total. The van der Waals surface area contributed by atoms with Crippen molar-refractivity contribution in [3.63, 3.8) is 0 Å². The molecule has 14 heavy (non-hydrogen) atoms. The monoisotopic (exact) mass is 198 g/mol.